The van der Waals surface area contributed by atoms with Crippen molar-refractivity contribution in [3.05, 3.63) is 69.2 Å². The van der Waals surface area contributed by atoms with E-state index in [1.165, 1.54) is 29.5 Å². The summed E-state index contributed by atoms with van der Waals surface area (Å²) in [6, 6.07) is 14.8. The summed E-state index contributed by atoms with van der Waals surface area (Å²) < 4.78 is 0. The van der Waals surface area contributed by atoms with Crippen molar-refractivity contribution >= 4 is 23.2 Å². The number of hydrogen-bond donors (Lipinski definition) is 0. The molecule has 0 aromatic heterocycles. The maximum absolute atomic E-state index is 6.05. The Morgan fingerprint density at radius 1 is 0.818 bits per heavy atom. The van der Waals surface area contributed by atoms with Gasteiger partial charge in [0.05, 0.1) is 10.0 Å². The molecule has 0 heterocycles. The summed E-state index contributed by atoms with van der Waals surface area (Å²) in [6.07, 6.45) is 4.63. The van der Waals surface area contributed by atoms with Crippen LogP contribution in [0.5, 0.6) is 0 Å². The van der Waals surface area contributed by atoms with E-state index >= 15 is 0 Å². The fourth-order valence-corrected chi connectivity index (χ4v) is 2.74. The van der Waals surface area contributed by atoms with Gasteiger partial charge < -0.3 is 0 Å². The highest BCUT2D eigenvalue weighted by molar-refractivity contribution is 6.42. The Balaban J connectivity index is 0.00000242. The van der Waals surface area contributed by atoms with E-state index in [-0.39, 0.29) is 7.43 Å². The minimum absolute atomic E-state index is 0. The molecule has 2 aromatic rings. The zero-order valence-corrected chi connectivity index (χ0v) is 14.2. The van der Waals surface area contributed by atoms with Crippen molar-refractivity contribution in [1.29, 1.82) is 0 Å². The van der Waals surface area contributed by atoms with E-state index in [4.69, 9.17) is 23.2 Å². The lowest BCUT2D eigenvalue weighted by molar-refractivity contribution is 0.493. The maximum atomic E-state index is 6.05. The molecule has 1 unspecified atom stereocenters. The van der Waals surface area contributed by atoms with E-state index in [0.29, 0.717) is 16.0 Å². The fourth-order valence-electron chi connectivity index (χ4n) is 2.42. The van der Waals surface area contributed by atoms with Crippen molar-refractivity contribution in [2.75, 3.05) is 0 Å². The summed E-state index contributed by atoms with van der Waals surface area (Å²) >= 11 is 12.0. The zero-order chi connectivity index (χ0) is 15.2. The third-order valence-electron chi connectivity index (χ3n) is 3.96. The standard InChI is InChI=1S/C19H22Cl2.CH4/c1-14-3-7-16(8-4-14)9-5-15(2)6-10-17-11-12-18(20)19(21)13-17;/h3-4,7-8,11-13,15H,5-6,9-10H2,1-2H3;1H4. The molecule has 0 saturated heterocycles. The molecule has 0 saturated carbocycles. The molecule has 120 valence electrons. The molecule has 0 aliphatic rings. The molecule has 0 N–H and O–H groups in total. The Kier molecular flexibility index (Phi) is 8.00. The topological polar surface area (TPSA) is 0 Å². The Labute approximate surface area is 145 Å². The lowest BCUT2D eigenvalue weighted by Gasteiger charge is -2.12. The second-order valence-electron chi connectivity index (χ2n) is 5.92. The van der Waals surface area contributed by atoms with Gasteiger partial charge in [0.1, 0.15) is 0 Å². The van der Waals surface area contributed by atoms with Gasteiger partial charge in [0.25, 0.3) is 0 Å². The average Bonchev–Trinajstić information content (AvgIpc) is 2.48. The third-order valence-corrected chi connectivity index (χ3v) is 4.70. The van der Waals surface area contributed by atoms with Crippen LogP contribution >= 0.6 is 23.2 Å². The lowest BCUT2D eigenvalue weighted by Crippen LogP contribution is -2.00. The Morgan fingerprint density at radius 2 is 1.36 bits per heavy atom. The number of rotatable bonds is 6. The molecule has 0 aliphatic heterocycles. The molecule has 0 nitrogen and oxygen atoms in total. The zero-order valence-electron chi connectivity index (χ0n) is 12.7. The molecule has 0 bridgehead atoms. The van der Waals surface area contributed by atoms with Crippen LogP contribution in [0.25, 0.3) is 0 Å². The predicted octanol–water partition coefficient (Wildman–Crippen LogP) is 7.14. The lowest BCUT2D eigenvalue weighted by atomic mass is 9.94. The van der Waals surface area contributed by atoms with Gasteiger partial charge in [0.15, 0.2) is 0 Å². The van der Waals surface area contributed by atoms with Crippen LogP contribution in [-0.2, 0) is 12.8 Å². The molecule has 0 radical (unpaired) electrons. The van der Waals surface area contributed by atoms with Crippen LogP contribution in [0.2, 0.25) is 10.0 Å². The third kappa shape index (κ3) is 6.02. The summed E-state index contributed by atoms with van der Waals surface area (Å²) in [5.41, 5.74) is 4.03. The first-order chi connectivity index (χ1) is 10.0. The fraction of sp³-hybridized carbons (Fsp3) is 0.400. The Hall–Kier alpha value is -0.980. The van der Waals surface area contributed by atoms with Crippen molar-refractivity contribution in [3.63, 3.8) is 0 Å². The van der Waals surface area contributed by atoms with Crippen LogP contribution in [0.3, 0.4) is 0 Å². The highest BCUT2D eigenvalue weighted by Crippen LogP contribution is 2.24. The van der Waals surface area contributed by atoms with Crippen LogP contribution < -0.4 is 0 Å². The van der Waals surface area contributed by atoms with Gasteiger partial charge in [-0.1, -0.05) is 73.4 Å². The van der Waals surface area contributed by atoms with Gasteiger partial charge in [-0.3, -0.25) is 0 Å². The molecule has 0 fully saturated rings. The second-order valence-corrected chi connectivity index (χ2v) is 6.73. The summed E-state index contributed by atoms with van der Waals surface area (Å²) in [4.78, 5) is 0. The van der Waals surface area contributed by atoms with Crippen molar-refractivity contribution < 1.29 is 0 Å². The highest BCUT2D eigenvalue weighted by atomic mass is 35.5. The maximum Gasteiger partial charge on any atom is 0.0595 e. The van der Waals surface area contributed by atoms with Gasteiger partial charge >= 0.3 is 0 Å². The minimum atomic E-state index is 0. The minimum Gasteiger partial charge on any atom is -0.0827 e. The van der Waals surface area contributed by atoms with Gasteiger partial charge in [-0.05, 0) is 61.8 Å². The molecule has 22 heavy (non-hydrogen) atoms. The smallest absolute Gasteiger partial charge is 0.0595 e. The summed E-state index contributed by atoms with van der Waals surface area (Å²) in [6.45, 7) is 4.45. The van der Waals surface area contributed by atoms with E-state index < -0.39 is 0 Å². The number of benzene rings is 2. The molecule has 2 heteroatoms. The van der Waals surface area contributed by atoms with Crippen molar-refractivity contribution in [3.8, 4) is 0 Å². The summed E-state index contributed by atoms with van der Waals surface area (Å²) in [5, 5.41) is 1.29. The highest BCUT2D eigenvalue weighted by Gasteiger charge is 2.05. The van der Waals surface area contributed by atoms with Gasteiger partial charge in [-0.15, -0.1) is 0 Å². The van der Waals surface area contributed by atoms with E-state index in [1.54, 1.807) is 0 Å². The number of hydrogen-bond acceptors (Lipinski definition) is 0. The van der Waals surface area contributed by atoms with E-state index in [2.05, 4.69) is 44.2 Å². The molecule has 0 amide bonds. The number of aryl methyl sites for hydroxylation is 3. The molecule has 0 spiro atoms. The SMILES string of the molecule is C.Cc1ccc(CCC(C)CCc2ccc(Cl)c(Cl)c2)cc1. The molecule has 2 aromatic carbocycles. The molecular formula is C20H26Cl2. The molecular weight excluding hydrogens is 311 g/mol. The van der Waals surface area contributed by atoms with Gasteiger partial charge in [0.2, 0.25) is 0 Å². The molecule has 1 atom stereocenters. The first kappa shape index (κ1) is 19.1. The monoisotopic (exact) mass is 336 g/mol. The summed E-state index contributed by atoms with van der Waals surface area (Å²) in [5.74, 6) is 0.709. The van der Waals surface area contributed by atoms with Crippen LogP contribution in [0, 0.1) is 12.8 Å². The molecule has 0 aliphatic carbocycles. The van der Waals surface area contributed by atoms with Gasteiger partial charge in [0, 0.05) is 0 Å². The predicted molar refractivity (Wildman–Crippen MR) is 100 cm³/mol. The summed E-state index contributed by atoms with van der Waals surface area (Å²) in [7, 11) is 0. The van der Waals surface area contributed by atoms with E-state index in [0.717, 1.165) is 12.8 Å². The van der Waals surface area contributed by atoms with E-state index in [9.17, 15) is 0 Å². The Morgan fingerprint density at radius 3 is 1.95 bits per heavy atom. The number of halogens is 2. The van der Waals surface area contributed by atoms with Crippen LogP contribution in [-0.4, -0.2) is 0 Å². The Bertz CT molecular complexity index is 573. The van der Waals surface area contributed by atoms with Crippen molar-refractivity contribution in [2.45, 2.75) is 47.0 Å². The van der Waals surface area contributed by atoms with Crippen molar-refractivity contribution in [2.24, 2.45) is 5.92 Å². The molecule has 2 rings (SSSR count). The van der Waals surface area contributed by atoms with E-state index in [1.807, 2.05) is 12.1 Å². The average molecular weight is 337 g/mol. The van der Waals surface area contributed by atoms with Crippen LogP contribution in [0.4, 0.5) is 0 Å². The van der Waals surface area contributed by atoms with Gasteiger partial charge in [-0.25, -0.2) is 0 Å². The van der Waals surface area contributed by atoms with Crippen LogP contribution in [0.15, 0.2) is 42.5 Å². The largest absolute Gasteiger partial charge is 0.0827 e. The first-order valence-corrected chi connectivity index (χ1v) is 8.29. The van der Waals surface area contributed by atoms with Crippen molar-refractivity contribution in [1.82, 2.24) is 0 Å². The van der Waals surface area contributed by atoms with Crippen LogP contribution in [0.1, 0.15) is 43.9 Å². The normalized spacial score (nSPS) is 11.8. The quantitative estimate of drug-likeness (QED) is 0.525. The van der Waals surface area contributed by atoms with Gasteiger partial charge in [-0.2, -0.15) is 0 Å². The first-order valence-electron chi connectivity index (χ1n) is 7.54. The second kappa shape index (κ2) is 9.22.